The summed E-state index contributed by atoms with van der Waals surface area (Å²) in [6.45, 7) is 4.94. The summed E-state index contributed by atoms with van der Waals surface area (Å²) < 4.78 is 5.35. The van der Waals surface area contributed by atoms with Crippen LogP contribution in [0.1, 0.15) is 35.6 Å². The highest BCUT2D eigenvalue weighted by Crippen LogP contribution is 2.49. The van der Waals surface area contributed by atoms with Crippen LogP contribution in [0.4, 0.5) is 11.4 Å². The van der Waals surface area contributed by atoms with Gasteiger partial charge in [-0.15, -0.1) is 0 Å². The molecule has 1 aliphatic rings. The molecule has 0 fully saturated rings. The molecule has 0 amide bonds. The Morgan fingerprint density at radius 2 is 2.04 bits per heavy atom. The first kappa shape index (κ1) is 15.2. The van der Waals surface area contributed by atoms with Crippen molar-refractivity contribution in [3.05, 3.63) is 53.1 Å². The predicted octanol–water partition coefficient (Wildman–Crippen LogP) is 3.77. The summed E-state index contributed by atoms with van der Waals surface area (Å²) in [7, 11) is 1.66. The molecule has 4 heteroatoms. The lowest BCUT2D eigenvalue weighted by Crippen LogP contribution is -2.26. The maximum Gasteiger partial charge on any atom is 0.120 e. The molecule has 0 spiro atoms. The van der Waals surface area contributed by atoms with Crippen LogP contribution >= 0.6 is 0 Å². The fourth-order valence-corrected chi connectivity index (χ4v) is 3.42. The van der Waals surface area contributed by atoms with Crippen molar-refractivity contribution in [3.8, 4) is 11.8 Å². The van der Waals surface area contributed by atoms with Gasteiger partial charge in [-0.2, -0.15) is 5.26 Å². The van der Waals surface area contributed by atoms with E-state index in [1.807, 2.05) is 37.3 Å². The molecule has 0 aliphatic carbocycles. The van der Waals surface area contributed by atoms with Crippen molar-refractivity contribution in [2.45, 2.75) is 25.8 Å². The standard InChI is InChI=1S/C19H21N3O/c1-4-22-18-10-14(23-3)6-7-15(18)16(11-20)19(22)13-5-8-17(21)12(2)9-13/h5-10,16,19H,4,21H2,1-3H3. The lowest BCUT2D eigenvalue weighted by atomic mass is 9.90. The lowest BCUT2D eigenvalue weighted by molar-refractivity contribution is 0.415. The Labute approximate surface area is 137 Å². The van der Waals surface area contributed by atoms with Crippen LogP contribution < -0.4 is 15.4 Å². The molecule has 0 saturated carbocycles. The molecular formula is C19H21N3O. The van der Waals surface area contributed by atoms with E-state index >= 15 is 0 Å². The number of nitrogens with two attached hydrogens (primary N) is 1. The van der Waals surface area contributed by atoms with E-state index in [1.54, 1.807) is 7.11 Å². The van der Waals surface area contributed by atoms with Gasteiger partial charge in [0, 0.05) is 24.0 Å². The zero-order chi connectivity index (χ0) is 16.6. The van der Waals surface area contributed by atoms with Crippen LogP contribution in [-0.4, -0.2) is 13.7 Å². The number of fused-ring (bicyclic) bond motifs is 1. The molecule has 23 heavy (non-hydrogen) atoms. The SMILES string of the molecule is CCN1c2cc(OC)ccc2C(C#N)C1c1ccc(N)c(C)c1. The van der Waals surface area contributed by atoms with Gasteiger partial charge in [0.15, 0.2) is 0 Å². The third-order valence-corrected chi connectivity index (χ3v) is 4.65. The summed E-state index contributed by atoms with van der Waals surface area (Å²) in [6.07, 6.45) is 0. The van der Waals surface area contributed by atoms with E-state index < -0.39 is 0 Å². The molecule has 4 nitrogen and oxygen atoms in total. The van der Waals surface area contributed by atoms with Crippen LogP contribution in [0.3, 0.4) is 0 Å². The predicted molar refractivity (Wildman–Crippen MR) is 92.7 cm³/mol. The highest BCUT2D eigenvalue weighted by atomic mass is 16.5. The highest BCUT2D eigenvalue weighted by molar-refractivity contribution is 5.67. The van der Waals surface area contributed by atoms with Crippen molar-refractivity contribution in [3.63, 3.8) is 0 Å². The lowest BCUT2D eigenvalue weighted by Gasteiger charge is -2.28. The van der Waals surface area contributed by atoms with Crippen LogP contribution in [0.15, 0.2) is 36.4 Å². The number of hydrogen-bond acceptors (Lipinski definition) is 4. The average molecular weight is 307 g/mol. The fraction of sp³-hybridized carbons (Fsp3) is 0.316. The second-order valence-electron chi connectivity index (χ2n) is 5.88. The molecule has 0 bridgehead atoms. The second-order valence-corrected chi connectivity index (χ2v) is 5.88. The van der Waals surface area contributed by atoms with Gasteiger partial charge in [-0.05, 0) is 42.7 Å². The van der Waals surface area contributed by atoms with E-state index in [2.05, 4.69) is 24.0 Å². The largest absolute Gasteiger partial charge is 0.497 e. The van der Waals surface area contributed by atoms with E-state index in [0.717, 1.165) is 40.4 Å². The Balaban J connectivity index is 2.13. The topological polar surface area (TPSA) is 62.3 Å². The van der Waals surface area contributed by atoms with E-state index in [0.29, 0.717) is 0 Å². The molecule has 3 rings (SSSR count). The molecule has 2 aromatic carbocycles. The molecule has 1 heterocycles. The normalized spacial score (nSPS) is 19.3. The zero-order valence-corrected chi connectivity index (χ0v) is 13.7. The van der Waals surface area contributed by atoms with E-state index in [4.69, 9.17) is 10.5 Å². The number of aryl methyl sites for hydroxylation is 1. The van der Waals surface area contributed by atoms with Gasteiger partial charge in [0.1, 0.15) is 5.75 Å². The number of anilines is 2. The van der Waals surface area contributed by atoms with Crippen LogP contribution in [0.25, 0.3) is 0 Å². The molecule has 2 atom stereocenters. The first-order valence-electron chi connectivity index (χ1n) is 7.81. The summed E-state index contributed by atoms with van der Waals surface area (Å²) >= 11 is 0. The van der Waals surface area contributed by atoms with Gasteiger partial charge >= 0.3 is 0 Å². The number of nitrogens with zero attached hydrogens (tertiary/aromatic N) is 2. The van der Waals surface area contributed by atoms with Crippen molar-refractivity contribution in [1.82, 2.24) is 0 Å². The van der Waals surface area contributed by atoms with Gasteiger partial charge in [0.05, 0.1) is 25.1 Å². The Hall–Kier alpha value is -2.67. The van der Waals surface area contributed by atoms with Crippen molar-refractivity contribution in [1.29, 1.82) is 5.26 Å². The van der Waals surface area contributed by atoms with Gasteiger partial charge < -0.3 is 15.4 Å². The van der Waals surface area contributed by atoms with Crippen molar-refractivity contribution in [2.75, 3.05) is 24.3 Å². The molecule has 2 N–H and O–H groups in total. The average Bonchev–Trinajstić information content (AvgIpc) is 2.89. The minimum absolute atomic E-state index is 0.00593. The molecule has 0 aromatic heterocycles. The highest BCUT2D eigenvalue weighted by Gasteiger charge is 2.39. The first-order chi connectivity index (χ1) is 11.1. The quantitative estimate of drug-likeness (QED) is 0.877. The number of ether oxygens (including phenoxy) is 1. The Morgan fingerprint density at radius 3 is 2.65 bits per heavy atom. The zero-order valence-electron chi connectivity index (χ0n) is 13.7. The first-order valence-corrected chi connectivity index (χ1v) is 7.81. The Morgan fingerprint density at radius 1 is 1.26 bits per heavy atom. The summed E-state index contributed by atoms with van der Waals surface area (Å²) in [5.74, 6) is 0.618. The third-order valence-electron chi connectivity index (χ3n) is 4.65. The minimum atomic E-state index is -0.195. The number of nitriles is 1. The molecule has 2 aromatic rings. The van der Waals surface area contributed by atoms with Gasteiger partial charge in [-0.25, -0.2) is 0 Å². The van der Waals surface area contributed by atoms with Gasteiger partial charge in [0.2, 0.25) is 0 Å². The minimum Gasteiger partial charge on any atom is -0.497 e. The number of methoxy groups -OCH3 is 1. The Bertz CT molecular complexity index is 779. The molecule has 0 saturated heterocycles. The van der Waals surface area contributed by atoms with Crippen LogP contribution in [0, 0.1) is 18.3 Å². The van der Waals surface area contributed by atoms with Crippen LogP contribution in [0.5, 0.6) is 5.75 Å². The molecule has 118 valence electrons. The van der Waals surface area contributed by atoms with E-state index in [1.165, 1.54) is 0 Å². The summed E-state index contributed by atoms with van der Waals surface area (Å²) in [5.41, 5.74) is 11.0. The second kappa shape index (κ2) is 5.85. The number of rotatable bonds is 3. The van der Waals surface area contributed by atoms with Crippen LogP contribution in [0.2, 0.25) is 0 Å². The number of benzene rings is 2. The summed E-state index contributed by atoms with van der Waals surface area (Å²) in [5, 5.41) is 9.78. The maximum atomic E-state index is 9.78. The van der Waals surface area contributed by atoms with Crippen molar-refractivity contribution >= 4 is 11.4 Å². The number of likely N-dealkylation sites (N-methyl/N-ethyl adjacent to an activating group) is 1. The molecule has 0 radical (unpaired) electrons. The van der Waals surface area contributed by atoms with Crippen LogP contribution in [-0.2, 0) is 0 Å². The Kier molecular flexibility index (Phi) is 3.87. The smallest absolute Gasteiger partial charge is 0.120 e. The maximum absolute atomic E-state index is 9.78. The molecule has 2 unspecified atom stereocenters. The monoisotopic (exact) mass is 307 g/mol. The summed E-state index contributed by atoms with van der Waals surface area (Å²) in [6, 6.07) is 14.5. The van der Waals surface area contributed by atoms with Gasteiger partial charge in [-0.1, -0.05) is 18.2 Å². The van der Waals surface area contributed by atoms with E-state index in [-0.39, 0.29) is 12.0 Å². The molecular weight excluding hydrogens is 286 g/mol. The fourth-order valence-electron chi connectivity index (χ4n) is 3.42. The van der Waals surface area contributed by atoms with Crippen molar-refractivity contribution < 1.29 is 4.74 Å². The van der Waals surface area contributed by atoms with E-state index in [9.17, 15) is 5.26 Å². The number of hydrogen-bond donors (Lipinski definition) is 1. The van der Waals surface area contributed by atoms with Crippen molar-refractivity contribution in [2.24, 2.45) is 0 Å². The van der Waals surface area contributed by atoms with Gasteiger partial charge in [0.25, 0.3) is 0 Å². The molecule has 1 aliphatic heterocycles. The van der Waals surface area contributed by atoms with Gasteiger partial charge in [-0.3, -0.25) is 0 Å². The number of nitrogen functional groups attached to an aromatic ring is 1. The summed E-state index contributed by atoms with van der Waals surface area (Å²) in [4.78, 5) is 2.27. The third kappa shape index (κ3) is 2.39.